The van der Waals surface area contributed by atoms with Crippen molar-refractivity contribution >= 4 is 11.6 Å². The lowest BCUT2D eigenvalue weighted by Crippen LogP contribution is -2.19. The molecule has 0 aliphatic carbocycles. The summed E-state index contributed by atoms with van der Waals surface area (Å²) in [5, 5.41) is -0.137. The average Bonchev–Trinajstić information content (AvgIpc) is 2.62. The zero-order valence-corrected chi connectivity index (χ0v) is 9.01. The summed E-state index contributed by atoms with van der Waals surface area (Å²) in [5.41, 5.74) is -2.00. The number of hydrogen-bond donors (Lipinski definition) is 1. The molecule has 0 aliphatic rings. The first-order valence-corrected chi connectivity index (χ1v) is 4.91. The van der Waals surface area contributed by atoms with Crippen LogP contribution in [0.15, 0.2) is 35.4 Å². The topological polar surface area (TPSA) is 37.8 Å². The van der Waals surface area contributed by atoms with E-state index in [9.17, 15) is 18.0 Å². The van der Waals surface area contributed by atoms with Crippen LogP contribution in [0.3, 0.4) is 0 Å². The van der Waals surface area contributed by atoms with Gasteiger partial charge in [0.2, 0.25) is 0 Å². The van der Waals surface area contributed by atoms with Crippen molar-refractivity contribution in [2.75, 3.05) is 0 Å². The summed E-state index contributed by atoms with van der Waals surface area (Å²) >= 11 is 5.73. The van der Waals surface area contributed by atoms with Crippen LogP contribution < -0.4 is 5.69 Å². The Labute approximate surface area is 98.5 Å². The van der Waals surface area contributed by atoms with Crippen molar-refractivity contribution in [3.63, 3.8) is 0 Å². The molecule has 2 aromatic rings. The second-order valence-electron chi connectivity index (χ2n) is 3.27. The van der Waals surface area contributed by atoms with Gasteiger partial charge in [-0.25, -0.2) is 4.79 Å². The van der Waals surface area contributed by atoms with Crippen LogP contribution >= 0.6 is 11.6 Å². The Morgan fingerprint density at radius 3 is 2.53 bits per heavy atom. The van der Waals surface area contributed by atoms with Gasteiger partial charge in [0.25, 0.3) is 0 Å². The van der Waals surface area contributed by atoms with Crippen molar-refractivity contribution in [3.05, 3.63) is 51.7 Å². The van der Waals surface area contributed by atoms with Crippen molar-refractivity contribution < 1.29 is 13.2 Å². The predicted octanol–water partition coefficient (Wildman–Crippen LogP) is 2.84. The molecule has 1 heterocycles. The molecule has 1 aromatic heterocycles. The summed E-state index contributed by atoms with van der Waals surface area (Å²) in [6, 6.07) is 3.36. The van der Waals surface area contributed by atoms with Gasteiger partial charge in [-0.3, -0.25) is 4.57 Å². The number of alkyl halides is 3. The van der Waals surface area contributed by atoms with Crippen molar-refractivity contribution in [2.45, 2.75) is 6.18 Å². The quantitative estimate of drug-likeness (QED) is 0.843. The molecule has 90 valence electrons. The number of H-pyrrole nitrogens is 1. The molecule has 0 atom stereocenters. The zero-order chi connectivity index (χ0) is 12.6. The number of imidazole rings is 1. The summed E-state index contributed by atoms with van der Waals surface area (Å²) in [7, 11) is 0. The molecule has 0 bridgehead atoms. The molecule has 1 aromatic carbocycles. The van der Waals surface area contributed by atoms with Crippen LogP contribution in [0.4, 0.5) is 13.2 Å². The van der Waals surface area contributed by atoms with E-state index >= 15 is 0 Å². The van der Waals surface area contributed by atoms with Crippen LogP contribution in [0, 0.1) is 0 Å². The van der Waals surface area contributed by atoms with E-state index in [1.807, 2.05) is 0 Å². The van der Waals surface area contributed by atoms with E-state index < -0.39 is 17.4 Å². The van der Waals surface area contributed by atoms with Crippen molar-refractivity contribution in [2.24, 2.45) is 0 Å². The fourth-order valence-corrected chi connectivity index (χ4v) is 1.75. The monoisotopic (exact) mass is 262 g/mol. The summed E-state index contributed by atoms with van der Waals surface area (Å²) in [4.78, 5) is 13.6. The minimum atomic E-state index is -4.57. The minimum absolute atomic E-state index is 0.137. The van der Waals surface area contributed by atoms with E-state index in [0.717, 1.165) is 10.6 Å². The van der Waals surface area contributed by atoms with Gasteiger partial charge in [-0.05, 0) is 12.1 Å². The van der Waals surface area contributed by atoms with Crippen LogP contribution in [-0.4, -0.2) is 9.55 Å². The van der Waals surface area contributed by atoms with Crippen LogP contribution in [0.1, 0.15) is 5.56 Å². The Kier molecular flexibility index (Phi) is 2.74. The third-order valence-electron chi connectivity index (χ3n) is 2.18. The van der Waals surface area contributed by atoms with E-state index in [-0.39, 0.29) is 10.7 Å². The molecule has 0 radical (unpaired) electrons. The fraction of sp³-hybridized carbons (Fsp3) is 0.100. The highest BCUT2D eigenvalue weighted by Crippen LogP contribution is 2.36. The molecule has 0 amide bonds. The van der Waals surface area contributed by atoms with Crippen molar-refractivity contribution in [3.8, 4) is 5.69 Å². The molecule has 17 heavy (non-hydrogen) atoms. The van der Waals surface area contributed by atoms with E-state index in [0.29, 0.717) is 0 Å². The SMILES string of the molecule is O=c1[nH]ccn1-c1c(Cl)cccc1C(F)(F)F. The molecular weight excluding hydrogens is 257 g/mol. The first-order chi connectivity index (χ1) is 7.91. The first kappa shape index (κ1) is 11.8. The van der Waals surface area contributed by atoms with Gasteiger partial charge in [-0.2, -0.15) is 13.2 Å². The van der Waals surface area contributed by atoms with Crippen molar-refractivity contribution in [1.29, 1.82) is 0 Å². The second kappa shape index (κ2) is 3.96. The highest BCUT2D eigenvalue weighted by atomic mass is 35.5. The number of aromatic nitrogens is 2. The molecule has 0 aliphatic heterocycles. The Morgan fingerprint density at radius 2 is 2.00 bits per heavy atom. The Bertz CT molecular complexity index is 600. The lowest BCUT2D eigenvalue weighted by Gasteiger charge is -2.13. The van der Waals surface area contributed by atoms with Crippen molar-refractivity contribution in [1.82, 2.24) is 9.55 Å². The molecule has 7 heteroatoms. The normalized spacial score (nSPS) is 11.8. The largest absolute Gasteiger partial charge is 0.418 e. The number of benzene rings is 1. The van der Waals surface area contributed by atoms with E-state index in [1.165, 1.54) is 24.5 Å². The number of para-hydroxylation sites is 1. The van der Waals surface area contributed by atoms with E-state index in [1.54, 1.807) is 0 Å². The molecule has 0 saturated heterocycles. The van der Waals surface area contributed by atoms with Crippen LogP contribution in [0.5, 0.6) is 0 Å². The zero-order valence-electron chi connectivity index (χ0n) is 8.25. The van der Waals surface area contributed by atoms with Gasteiger partial charge in [0.1, 0.15) is 0 Å². The van der Waals surface area contributed by atoms with Crippen LogP contribution in [0.25, 0.3) is 5.69 Å². The highest BCUT2D eigenvalue weighted by Gasteiger charge is 2.35. The summed E-state index contributed by atoms with van der Waals surface area (Å²) < 4.78 is 39.1. The lowest BCUT2D eigenvalue weighted by molar-refractivity contribution is -0.137. The predicted molar refractivity (Wildman–Crippen MR) is 56.4 cm³/mol. The standard InChI is InChI=1S/C10H6ClF3N2O/c11-7-3-1-2-6(10(12,13)14)8(7)16-5-4-15-9(16)17/h1-5H,(H,15,17). The number of rotatable bonds is 1. The van der Waals surface area contributed by atoms with Gasteiger partial charge in [-0.1, -0.05) is 17.7 Å². The fourth-order valence-electron chi connectivity index (χ4n) is 1.49. The Hall–Kier alpha value is -1.69. The molecule has 0 saturated carbocycles. The number of nitrogens with zero attached hydrogens (tertiary/aromatic N) is 1. The maximum atomic E-state index is 12.8. The third kappa shape index (κ3) is 2.08. The van der Waals surface area contributed by atoms with Crippen LogP contribution in [-0.2, 0) is 6.18 Å². The summed E-state index contributed by atoms with van der Waals surface area (Å²) in [6.07, 6.45) is -2.14. The number of halogens is 4. The third-order valence-corrected chi connectivity index (χ3v) is 2.49. The first-order valence-electron chi connectivity index (χ1n) is 4.53. The lowest BCUT2D eigenvalue weighted by atomic mass is 10.1. The minimum Gasteiger partial charge on any atom is -0.312 e. The summed E-state index contributed by atoms with van der Waals surface area (Å²) in [5.74, 6) is 0. The van der Waals surface area contributed by atoms with Gasteiger partial charge in [0.05, 0.1) is 16.3 Å². The van der Waals surface area contributed by atoms with Gasteiger partial charge in [-0.15, -0.1) is 0 Å². The second-order valence-corrected chi connectivity index (χ2v) is 3.68. The molecule has 0 unspecified atom stereocenters. The smallest absolute Gasteiger partial charge is 0.312 e. The van der Waals surface area contributed by atoms with Gasteiger partial charge in [0, 0.05) is 12.4 Å². The average molecular weight is 263 g/mol. The molecule has 0 fully saturated rings. The maximum absolute atomic E-state index is 12.8. The highest BCUT2D eigenvalue weighted by molar-refractivity contribution is 6.32. The summed E-state index contributed by atoms with van der Waals surface area (Å²) in [6.45, 7) is 0. The van der Waals surface area contributed by atoms with Gasteiger partial charge in [0.15, 0.2) is 0 Å². The van der Waals surface area contributed by atoms with E-state index in [2.05, 4.69) is 4.98 Å². The number of nitrogens with one attached hydrogen (secondary N) is 1. The number of aromatic amines is 1. The number of hydrogen-bond acceptors (Lipinski definition) is 1. The maximum Gasteiger partial charge on any atom is 0.418 e. The Morgan fingerprint density at radius 1 is 1.29 bits per heavy atom. The molecule has 1 N–H and O–H groups in total. The van der Waals surface area contributed by atoms with Gasteiger partial charge < -0.3 is 4.98 Å². The van der Waals surface area contributed by atoms with Gasteiger partial charge >= 0.3 is 11.9 Å². The molecule has 0 spiro atoms. The van der Waals surface area contributed by atoms with E-state index in [4.69, 9.17) is 11.6 Å². The molecular formula is C10H6ClF3N2O. The van der Waals surface area contributed by atoms with Crippen LogP contribution in [0.2, 0.25) is 5.02 Å². The molecule has 3 nitrogen and oxygen atoms in total. The molecule has 2 rings (SSSR count). The Balaban J connectivity index is 2.77.